The molecule has 0 spiro atoms. The van der Waals surface area contributed by atoms with Crippen LogP contribution in [-0.4, -0.2) is 71.6 Å². The fourth-order valence-electron chi connectivity index (χ4n) is 2.89. The Hall–Kier alpha value is -1.67. The topological polar surface area (TPSA) is 79.6 Å². The molecule has 0 aliphatic carbocycles. The Bertz CT molecular complexity index is 548. The van der Waals surface area contributed by atoms with E-state index >= 15 is 0 Å². The van der Waals surface area contributed by atoms with Gasteiger partial charge in [-0.2, -0.15) is 0 Å². The first-order valence-corrected chi connectivity index (χ1v) is 9.81. The highest BCUT2D eigenvalue weighted by Gasteiger charge is 2.11. The van der Waals surface area contributed by atoms with Gasteiger partial charge in [0.2, 0.25) is 0 Å². The highest BCUT2D eigenvalue weighted by atomic mass is 16.5. The smallest absolute Gasteiger partial charge is 0.191 e. The number of morpholine rings is 1. The number of guanidine groups is 1. The van der Waals surface area contributed by atoms with Gasteiger partial charge in [0.05, 0.1) is 13.2 Å². The second-order valence-corrected chi connectivity index (χ2v) is 6.83. The minimum atomic E-state index is 0.521. The van der Waals surface area contributed by atoms with Gasteiger partial charge >= 0.3 is 0 Å². The summed E-state index contributed by atoms with van der Waals surface area (Å²) in [6.07, 6.45) is 2.35. The van der Waals surface area contributed by atoms with Crippen LogP contribution in [0.2, 0.25) is 0 Å². The average molecular weight is 366 g/mol. The third-order valence-electron chi connectivity index (χ3n) is 5.10. The third-order valence-corrected chi connectivity index (χ3v) is 5.10. The molecule has 0 radical (unpaired) electrons. The molecule has 1 aromatic heterocycles. The van der Waals surface area contributed by atoms with Crippen LogP contribution < -0.4 is 10.6 Å². The average Bonchev–Trinajstić information content (AvgIpc) is 2.99. The van der Waals surface area contributed by atoms with Crippen molar-refractivity contribution in [1.82, 2.24) is 30.3 Å². The lowest BCUT2D eigenvalue weighted by Crippen LogP contribution is -2.45. The molecule has 8 heteroatoms. The minimum Gasteiger partial charge on any atom is -0.379 e. The quantitative estimate of drug-likeness (QED) is 0.501. The zero-order valence-corrected chi connectivity index (χ0v) is 16.8. The molecule has 1 aliphatic rings. The van der Waals surface area contributed by atoms with Crippen LogP contribution in [0.1, 0.15) is 38.3 Å². The molecule has 0 aromatic carbocycles. The predicted octanol–water partition coefficient (Wildman–Crippen LogP) is 0.927. The van der Waals surface area contributed by atoms with Crippen molar-refractivity contribution >= 4 is 5.96 Å². The van der Waals surface area contributed by atoms with Crippen LogP contribution in [0.25, 0.3) is 0 Å². The first kappa shape index (κ1) is 20.6. The second-order valence-electron chi connectivity index (χ2n) is 6.83. The van der Waals surface area contributed by atoms with Gasteiger partial charge in [0, 0.05) is 39.8 Å². The van der Waals surface area contributed by atoms with Crippen LogP contribution in [0.3, 0.4) is 0 Å². The summed E-state index contributed by atoms with van der Waals surface area (Å²) < 4.78 is 7.39. The number of ether oxygens (including phenoxy) is 1. The van der Waals surface area contributed by atoms with E-state index in [0.717, 1.165) is 63.5 Å². The number of aryl methyl sites for hydroxylation is 1. The molecule has 26 heavy (non-hydrogen) atoms. The molecule has 0 unspecified atom stereocenters. The van der Waals surface area contributed by atoms with Crippen LogP contribution in [0.15, 0.2) is 4.99 Å². The molecule has 1 fully saturated rings. The van der Waals surface area contributed by atoms with E-state index < -0.39 is 0 Å². The zero-order valence-electron chi connectivity index (χ0n) is 16.8. The summed E-state index contributed by atoms with van der Waals surface area (Å²) in [5, 5.41) is 15.3. The van der Waals surface area contributed by atoms with Crippen LogP contribution in [0, 0.1) is 12.8 Å². The second kappa shape index (κ2) is 11.1. The summed E-state index contributed by atoms with van der Waals surface area (Å²) in [5.41, 5.74) is 0. The number of nitrogens with zero attached hydrogens (tertiary/aromatic N) is 5. The van der Waals surface area contributed by atoms with Crippen molar-refractivity contribution in [2.24, 2.45) is 18.0 Å². The van der Waals surface area contributed by atoms with Crippen LogP contribution >= 0.6 is 0 Å². The van der Waals surface area contributed by atoms with Crippen molar-refractivity contribution < 1.29 is 4.74 Å². The van der Waals surface area contributed by atoms with Crippen molar-refractivity contribution in [3.8, 4) is 0 Å². The predicted molar refractivity (Wildman–Crippen MR) is 104 cm³/mol. The minimum absolute atomic E-state index is 0.521. The maximum atomic E-state index is 5.40. The summed E-state index contributed by atoms with van der Waals surface area (Å²) in [6, 6.07) is 0. The largest absolute Gasteiger partial charge is 0.379 e. The zero-order chi connectivity index (χ0) is 18.8. The lowest BCUT2D eigenvalue weighted by molar-refractivity contribution is 0.0389. The number of aliphatic imine (C=N–C) groups is 1. The Kier molecular flexibility index (Phi) is 8.84. The first-order valence-electron chi connectivity index (χ1n) is 9.81. The normalized spacial score (nSPS) is 16.3. The number of hydrogen-bond donors (Lipinski definition) is 2. The molecule has 8 nitrogen and oxygen atoms in total. The number of aromatic nitrogens is 3. The summed E-state index contributed by atoms with van der Waals surface area (Å²) in [6.45, 7) is 13.4. The highest BCUT2D eigenvalue weighted by Crippen LogP contribution is 2.05. The lowest BCUT2D eigenvalue weighted by Gasteiger charge is -2.27. The van der Waals surface area contributed by atoms with Gasteiger partial charge in [0.15, 0.2) is 11.8 Å². The van der Waals surface area contributed by atoms with Gasteiger partial charge in [-0.1, -0.05) is 26.7 Å². The van der Waals surface area contributed by atoms with E-state index in [0.29, 0.717) is 12.5 Å². The third kappa shape index (κ3) is 6.57. The maximum Gasteiger partial charge on any atom is 0.191 e. The fourth-order valence-corrected chi connectivity index (χ4v) is 2.89. The van der Waals surface area contributed by atoms with Crippen molar-refractivity contribution in [1.29, 1.82) is 0 Å². The molecule has 0 bridgehead atoms. The van der Waals surface area contributed by atoms with Crippen LogP contribution in [0.4, 0.5) is 0 Å². The summed E-state index contributed by atoms with van der Waals surface area (Å²) in [4.78, 5) is 7.14. The monoisotopic (exact) mass is 365 g/mol. The summed E-state index contributed by atoms with van der Waals surface area (Å²) >= 11 is 0. The molecule has 2 heterocycles. The van der Waals surface area contributed by atoms with Gasteiger partial charge < -0.3 is 19.9 Å². The standard InChI is InChI=1S/C18H35N7O/c1-5-16(6-2)13-20-18(19-7-8-25-9-11-26-12-10-25)21-14-17-23-22-15(3)24(17)4/h16H,5-14H2,1-4H3,(H2,19,20,21). The Morgan fingerprint density at radius 3 is 2.54 bits per heavy atom. The molecular formula is C18H35N7O. The number of hydrogen-bond acceptors (Lipinski definition) is 5. The Morgan fingerprint density at radius 1 is 1.19 bits per heavy atom. The van der Waals surface area contributed by atoms with Gasteiger partial charge in [0.1, 0.15) is 12.4 Å². The molecular weight excluding hydrogens is 330 g/mol. The molecule has 0 atom stereocenters. The Labute approximate surface area is 157 Å². The Morgan fingerprint density at radius 2 is 1.92 bits per heavy atom. The van der Waals surface area contributed by atoms with Crippen molar-refractivity contribution in [2.75, 3.05) is 45.9 Å². The lowest BCUT2D eigenvalue weighted by atomic mass is 10.0. The van der Waals surface area contributed by atoms with Crippen molar-refractivity contribution in [2.45, 2.75) is 40.2 Å². The molecule has 2 N–H and O–H groups in total. The van der Waals surface area contributed by atoms with E-state index in [1.165, 1.54) is 12.8 Å². The van der Waals surface area contributed by atoms with Crippen LogP contribution in [-0.2, 0) is 18.3 Å². The van der Waals surface area contributed by atoms with E-state index in [-0.39, 0.29) is 0 Å². The molecule has 2 rings (SSSR count). The van der Waals surface area contributed by atoms with E-state index in [2.05, 4.69) is 39.6 Å². The fraction of sp³-hybridized carbons (Fsp3) is 0.833. The van der Waals surface area contributed by atoms with Gasteiger partial charge in [-0.05, 0) is 12.8 Å². The van der Waals surface area contributed by atoms with Gasteiger partial charge in [-0.15, -0.1) is 10.2 Å². The highest BCUT2D eigenvalue weighted by molar-refractivity contribution is 5.79. The molecule has 1 aromatic rings. The molecule has 0 saturated carbocycles. The van der Waals surface area contributed by atoms with Gasteiger partial charge in [-0.25, -0.2) is 4.99 Å². The first-order chi connectivity index (χ1) is 12.6. The SMILES string of the molecule is CCC(CC)CNC(=NCc1nnc(C)n1C)NCCN1CCOCC1. The van der Waals surface area contributed by atoms with Crippen molar-refractivity contribution in [3.63, 3.8) is 0 Å². The maximum absolute atomic E-state index is 5.40. The van der Waals surface area contributed by atoms with E-state index in [9.17, 15) is 0 Å². The summed E-state index contributed by atoms with van der Waals surface area (Å²) in [5.74, 6) is 3.30. The number of nitrogens with one attached hydrogen (secondary N) is 2. The molecule has 0 amide bonds. The number of rotatable bonds is 9. The van der Waals surface area contributed by atoms with Crippen LogP contribution in [0.5, 0.6) is 0 Å². The van der Waals surface area contributed by atoms with E-state index in [1.807, 2.05) is 18.5 Å². The summed E-state index contributed by atoms with van der Waals surface area (Å²) in [7, 11) is 1.98. The van der Waals surface area contributed by atoms with E-state index in [1.54, 1.807) is 0 Å². The Balaban J connectivity index is 1.88. The molecule has 148 valence electrons. The molecule has 1 aliphatic heterocycles. The van der Waals surface area contributed by atoms with E-state index in [4.69, 9.17) is 9.73 Å². The van der Waals surface area contributed by atoms with Gasteiger partial charge in [0.25, 0.3) is 0 Å². The molecule has 1 saturated heterocycles. The van der Waals surface area contributed by atoms with Gasteiger partial charge in [-0.3, -0.25) is 4.90 Å². The van der Waals surface area contributed by atoms with Crippen molar-refractivity contribution in [3.05, 3.63) is 11.6 Å².